The van der Waals surface area contributed by atoms with Crippen LogP contribution in [0.25, 0.3) is 0 Å². The molecule has 0 heterocycles. The molecule has 0 aliphatic rings. The molecule has 1 aromatic carbocycles. The van der Waals surface area contributed by atoms with E-state index in [0.29, 0.717) is 19.8 Å². The van der Waals surface area contributed by atoms with Crippen LogP contribution in [0.2, 0.25) is 0 Å². The molecule has 1 aromatic rings. The molecule has 0 aliphatic carbocycles. The predicted molar refractivity (Wildman–Crippen MR) is 87.9 cm³/mol. The predicted octanol–water partition coefficient (Wildman–Crippen LogP) is 3.32. The van der Waals surface area contributed by atoms with Gasteiger partial charge in [0.15, 0.2) is 0 Å². The van der Waals surface area contributed by atoms with Crippen LogP contribution in [-0.2, 0) is 30.3 Å². The number of hydrogen-bond acceptors (Lipinski definition) is 5. The van der Waals surface area contributed by atoms with Gasteiger partial charge in [-0.2, -0.15) is 0 Å². The average molecular weight is 324 g/mol. The molecule has 0 N–H and O–H groups in total. The number of benzene rings is 1. The first-order chi connectivity index (χ1) is 11.0. The fraction of sp³-hybridized carbons (Fsp3) is 0.611. The lowest BCUT2D eigenvalue weighted by molar-refractivity contribution is -0.165. The molecule has 23 heavy (non-hydrogen) atoms. The van der Waals surface area contributed by atoms with E-state index in [-0.39, 0.29) is 19.4 Å². The van der Waals surface area contributed by atoms with E-state index in [1.165, 1.54) is 5.56 Å². The van der Waals surface area contributed by atoms with Crippen molar-refractivity contribution in [2.45, 2.75) is 45.8 Å². The van der Waals surface area contributed by atoms with Crippen LogP contribution in [0.4, 0.5) is 0 Å². The van der Waals surface area contributed by atoms with E-state index in [1.54, 1.807) is 0 Å². The van der Waals surface area contributed by atoms with Gasteiger partial charge in [0.1, 0.15) is 19.0 Å². The molecule has 0 unspecified atom stereocenters. The molecule has 1 rings (SSSR count). The zero-order valence-electron chi connectivity index (χ0n) is 14.4. The lowest BCUT2D eigenvalue weighted by atomic mass is 10.2. The number of rotatable bonds is 11. The van der Waals surface area contributed by atoms with E-state index >= 15 is 0 Å². The zero-order valence-corrected chi connectivity index (χ0v) is 14.4. The fourth-order valence-corrected chi connectivity index (χ4v) is 1.79. The van der Waals surface area contributed by atoms with Gasteiger partial charge in [-0.15, -0.1) is 0 Å². The lowest BCUT2D eigenvalue weighted by Gasteiger charge is -2.19. The second kappa shape index (κ2) is 11.2. The summed E-state index contributed by atoms with van der Waals surface area (Å²) in [6.45, 7) is 7.41. The lowest BCUT2D eigenvalue weighted by Crippen LogP contribution is -2.26. The number of carbonyl (C=O) groups excluding carboxylic acids is 1. The minimum absolute atomic E-state index is 0.0859. The number of unbranched alkanes of at least 4 members (excludes halogenated alkanes) is 1. The summed E-state index contributed by atoms with van der Waals surface area (Å²) in [6, 6.07) is 10.1. The molecule has 5 nitrogen and oxygen atoms in total. The molecule has 0 spiro atoms. The molecule has 5 heteroatoms. The van der Waals surface area contributed by atoms with Gasteiger partial charge in [-0.1, -0.05) is 30.3 Å². The zero-order chi connectivity index (χ0) is 17.0. The van der Waals surface area contributed by atoms with E-state index in [1.807, 2.05) is 51.1 Å². The monoisotopic (exact) mass is 324 g/mol. The van der Waals surface area contributed by atoms with E-state index in [2.05, 4.69) is 0 Å². The highest BCUT2D eigenvalue weighted by Gasteiger charge is 2.15. The SMILES string of the molecule is CC(C)(C)OC(=O)COCOCCCCOCc1ccccc1. The van der Waals surface area contributed by atoms with Crippen LogP contribution in [0.5, 0.6) is 0 Å². The van der Waals surface area contributed by atoms with Crippen molar-refractivity contribution in [1.29, 1.82) is 0 Å². The summed E-state index contributed by atoms with van der Waals surface area (Å²) >= 11 is 0. The third kappa shape index (κ3) is 11.8. The highest BCUT2D eigenvalue weighted by molar-refractivity contribution is 5.71. The smallest absolute Gasteiger partial charge is 0.332 e. The Morgan fingerprint density at radius 3 is 2.26 bits per heavy atom. The summed E-state index contributed by atoms with van der Waals surface area (Å²) in [5.41, 5.74) is 0.695. The summed E-state index contributed by atoms with van der Waals surface area (Å²) < 4.78 is 21.1. The quantitative estimate of drug-likeness (QED) is 0.355. The second-order valence-electron chi connectivity index (χ2n) is 6.21. The van der Waals surface area contributed by atoms with E-state index in [0.717, 1.165) is 12.8 Å². The van der Waals surface area contributed by atoms with Crippen LogP contribution in [0.3, 0.4) is 0 Å². The number of hydrogen-bond donors (Lipinski definition) is 0. The Morgan fingerprint density at radius 1 is 0.957 bits per heavy atom. The Bertz CT molecular complexity index is 425. The minimum Gasteiger partial charge on any atom is -0.458 e. The number of ether oxygens (including phenoxy) is 4. The van der Waals surface area contributed by atoms with Gasteiger partial charge >= 0.3 is 5.97 Å². The highest BCUT2D eigenvalue weighted by atomic mass is 16.7. The minimum atomic E-state index is -0.485. The van der Waals surface area contributed by atoms with E-state index in [9.17, 15) is 4.79 Å². The summed E-state index contributed by atoms with van der Waals surface area (Å²) in [5, 5.41) is 0. The van der Waals surface area contributed by atoms with Crippen LogP contribution in [-0.4, -0.2) is 38.2 Å². The van der Waals surface area contributed by atoms with Gasteiger partial charge in [-0.05, 0) is 39.2 Å². The molecular weight excluding hydrogens is 296 g/mol. The first kappa shape index (κ1) is 19.6. The average Bonchev–Trinajstić information content (AvgIpc) is 2.48. The van der Waals surface area contributed by atoms with Crippen LogP contribution in [0, 0.1) is 0 Å². The summed E-state index contributed by atoms with van der Waals surface area (Å²) in [7, 11) is 0. The van der Waals surface area contributed by atoms with Gasteiger partial charge < -0.3 is 18.9 Å². The van der Waals surface area contributed by atoms with Crippen molar-refractivity contribution in [3.8, 4) is 0 Å². The van der Waals surface area contributed by atoms with Crippen molar-refractivity contribution in [3.05, 3.63) is 35.9 Å². The molecule has 0 aliphatic heterocycles. The maximum atomic E-state index is 11.4. The first-order valence-corrected chi connectivity index (χ1v) is 7.96. The maximum Gasteiger partial charge on any atom is 0.332 e. The van der Waals surface area contributed by atoms with Gasteiger partial charge in [0.25, 0.3) is 0 Å². The first-order valence-electron chi connectivity index (χ1n) is 7.96. The molecule has 0 bridgehead atoms. The molecule has 0 saturated heterocycles. The topological polar surface area (TPSA) is 54.0 Å². The molecule has 0 radical (unpaired) electrons. The van der Waals surface area contributed by atoms with E-state index in [4.69, 9.17) is 18.9 Å². The molecule has 0 saturated carbocycles. The van der Waals surface area contributed by atoms with Gasteiger partial charge in [0.05, 0.1) is 6.61 Å². The Labute approximate surface area is 138 Å². The normalized spacial score (nSPS) is 11.4. The summed E-state index contributed by atoms with van der Waals surface area (Å²) in [4.78, 5) is 11.4. The van der Waals surface area contributed by atoms with E-state index < -0.39 is 5.60 Å². The van der Waals surface area contributed by atoms with Crippen LogP contribution in [0.1, 0.15) is 39.2 Å². The van der Waals surface area contributed by atoms with Crippen molar-refractivity contribution in [3.63, 3.8) is 0 Å². The summed E-state index contributed by atoms with van der Waals surface area (Å²) in [6.07, 6.45) is 1.82. The van der Waals surface area contributed by atoms with Gasteiger partial charge in [-0.3, -0.25) is 0 Å². The number of esters is 1. The molecule has 130 valence electrons. The number of carbonyl (C=O) groups is 1. The molecule has 0 amide bonds. The standard InChI is InChI=1S/C18H28O5/c1-18(2,3)23-17(19)14-22-15-21-12-8-7-11-20-13-16-9-5-4-6-10-16/h4-6,9-10H,7-8,11-15H2,1-3H3. The Balaban J connectivity index is 1.86. The Kier molecular flexibility index (Phi) is 9.52. The van der Waals surface area contributed by atoms with Crippen molar-refractivity contribution >= 4 is 5.97 Å². The van der Waals surface area contributed by atoms with Crippen LogP contribution < -0.4 is 0 Å². The Hall–Kier alpha value is -1.43. The highest BCUT2D eigenvalue weighted by Crippen LogP contribution is 2.06. The maximum absolute atomic E-state index is 11.4. The molecule has 0 atom stereocenters. The van der Waals surface area contributed by atoms with Gasteiger partial charge in [-0.25, -0.2) is 4.79 Å². The van der Waals surface area contributed by atoms with Crippen molar-refractivity contribution in [1.82, 2.24) is 0 Å². The molecular formula is C18H28O5. The van der Waals surface area contributed by atoms with Crippen molar-refractivity contribution < 1.29 is 23.7 Å². The van der Waals surface area contributed by atoms with Gasteiger partial charge in [0.2, 0.25) is 0 Å². The second-order valence-corrected chi connectivity index (χ2v) is 6.21. The third-order valence-electron chi connectivity index (χ3n) is 2.75. The Morgan fingerprint density at radius 2 is 1.61 bits per heavy atom. The van der Waals surface area contributed by atoms with Crippen LogP contribution in [0.15, 0.2) is 30.3 Å². The van der Waals surface area contributed by atoms with Crippen LogP contribution >= 0.6 is 0 Å². The van der Waals surface area contributed by atoms with Crippen molar-refractivity contribution in [2.24, 2.45) is 0 Å². The summed E-state index contributed by atoms with van der Waals surface area (Å²) in [5.74, 6) is -0.379. The fourth-order valence-electron chi connectivity index (χ4n) is 1.79. The van der Waals surface area contributed by atoms with Crippen molar-refractivity contribution in [2.75, 3.05) is 26.6 Å². The largest absolute Gasteiger partial charge is 0.458 e. The third-order valence-corrected chi connectivity index (χ3v) is 2.75. The molecule has 0 aromatic heterocycles. The molecule has 0 fully saturated rings. The van der Waals surface area contributed by atoms with Gasteiger partial charge in [0, 0.05) is 13.2 Å².